The van der Waals surface area contributed by atoms with E-state index in [1.165, 1.54) is 4.90 Å². The average Bonchev–Trinajstić information content (AvgIpc) is 2.75. The van der Waals surface area contributed by atoms with Crippen LogP contribution in [0.1, 0.15) is 32.5 Å². The van der Waals surface area contributed by atoms with Crippen LogP contribution in [0.5, 0.6) is 0 Å². The van der Waals surface area contributed by atoms with Crippen molar-refractivity contribution in [1.82, 2.24) is 19.8 Å². The van der Waals surface area contributed by atoms with Crippen molar-refractivity contribution in [1.29, 1.82) is 0 Å². The third-order valence-corrected chi connectivity index (χ3v) is 2.77. The van der Waals surface area contributed by atoms with Gasteiger partial charge >= 0.3 is 0 Å². The van der Waals surface area contributed by atoms with Crippen molar-refractivity contribution < 1.29 is 9.59 Å². The van der Waals surface area contributed by atoms with Crippen LogP contribution < -0.4 is 5.32 Å². The van der Waals surface area contributed by atoms with Crippen LogP contribution in [0.3, 0.4) is 0 Å². The Morgan fingerprint density at radius 3 is 2.53 bits per heavy atom. The number of amides is 2. The highest BCUT2D eigenvalue weighted by Gasteiger charge is 2.18. The molecule has 0 aliphatic rings. The maximum Gasteiger partial charge on any atom is 0.244 e. The molecule has 0 aliphatic carbocycles. The summed E-state index contributed by atoms with van der Waals surface area (Å²) in [6.45, 7) is 5.90. The highest BCUT2D eigenvalue weighted by atomic mass is 16.2. The van der Waals surface area contributed by atoms with Crippen LogP contribution in [0.4, 0.5) is 0 Å². The second kappa shape index (κ2) is 6.36. The number of likely N-dealkylation sites (N-methyl/N-ethyl adjacent to an activating group) is 1. The van der Waals surface area contributed by atoms with E-state index in [0.717, 1.165) is 5.82 Å². The fraction of sp³-hybridized carbons (Fsp3) is 0.615. The Balaban J connectivity index is 2.61. The van der Waals surface area contributed by atoms with Gasteiger partial charge in [0.15, 0.2) is 0 Å². The molecule has 2 amide bonds. The van der Waals surface area contributed by atoms with E-state index in [1.807, 2.05) is 13.8 Å². The lowest BCUT2D eigenvalue weighted by atomic mass is 10.2. The van der Waals surface area contributed by atoms with Gasteiger partial charge in [-0.1, -0.05) is 13.8 Å². The molecule has 0 fully saturated rings. The molecule has 1 atom stereocenters. The van der Waals surface area contributed by atoms with Gasteiger partial charge in [-0.2, -0.15) is 0 Å². The van der Waals surface area contributed by atoms with Crippen LogP contribution in [-0.2, 0) is 16.1 Å². The van der Waals surface area contributed by atoms with Crippen LogP contribution in [-0.4, -0.2) is 46.4 Å². The quantitative estimate of drug-likeness (QED) is 0.848. The summed E-state index contributed by atoms with van der Waals surface area (Å²) in [6, 6.07) is -0.520. The molecule has 0 saturated heterocycles. The normalized spacial score (nSPS) is 12.3. The topological polar surface area (TPSA) is 67.2 Å². The van der Waals surface area contributed by atoms with Gasteiger partial charge in [-0.15, -0.1) is 0 Å². The lowest BCUT2D eigenvalue weighted by Gasteiger charge is -2.18. The first-order valence-electron chi connectivity index (χ1n) is 6.34. The first-order valence-corrected chi connectivity index (χ1v) is 6.34. The molecule has 0 saturated carbocycles. The number of rotatable bonds is 5. The van der Waals surface area contributed by atoms with E-state index in [9.17, 15) is 9.59 Å². The van der Waals surface area contributed by atoms with Gasteiger partial charge in [-0.05, 0) is 6.92 Å². The molecule has 1 rings (SSSR count). The first kappa shape index (κ1) is 15.2. The van der Waals surface area contributed by atoms with E-state index < -0.39 is 6.04 Å². The molecular formula is C13H22N4O2. The Morgan fingerprint density at radius 2 is 2.00 bits per heavy atom. The van der Waals surface area contributed by atoms with E-state index in [2.05, 4.69) is 10.3 Å². The van der Waals surface area contributed by atoms with Crippen molar-refractivity contribution in [3.8, 4) is 0 Å². The number of aromatic nitrogens is 2. The van der Waals surface area contributed by atoms with Crippen LogP contribution in [0.2, 0.25) is 0 Å². The summed E-state index contributed by atoms with van der Waals surface area (Å²) in [7, 11) is 3.33. The fourth-order valence-corrected chi connectivity index (χ4v) is 1.85. The van der Waals surface area contributed by atoms with E-state index in [1.54, 1.807) is 38.0 Å². The third kappa shape index (κ3) is 4.08. The largest absolute Gasteiger partial charge is 0.347 e. The molecular weight excluding hydrogens is 244 g/mol. The SMILES string of the molecule is CC(C)c1nccn1CC(=O)N[C@H](C)C(=O)N(C)C. The molecule has 0 spiro atoms. The smallest absolute Gasteiger partial charge is 0.244 e. The van der Waals surface area contributed by atoms with E-state index >= 15 is 0 Å². The monoisotopic (exact) mass is 266 g/mol. The van der Waals surface area contributed by atoms with Crippen LogP contribution in [0.25, 0.3) is 0 Å². The molecule has 1 aromatic heterocycles. The summed E-state index contributed by atoms with van der Waals surface area (Å²) < 4.78 is 1.80. The molecule has 0 aromatic carbocycles. The predicted molar refractivity (Wildman–Crippen MR) is 72.6 cm³/mol. The zero-order valence-corrected chi connectivity index (χ0v) is 12.2. The van der Waals surface area contributed by atoms with Gasteiger partial charge in [0.2, 0.25) is 11.8 Å². The number of hydrogen-bond acceptors (Lipinski definition) is 3. The zero-order chi connectivity index (χ0) is 14.6. The molecule has 106 valence electrons. The van der Waals surface area contributed by atoms with Gasteiger partial charge in [-0.3, -0.25) is 9.59 Å². The summed E-state index contributed by atoms with van der Waals surface area (Å²) in [5.74, 6) is 0.802. The second-order valence-corrected chi connectivity index (χ2v) is 5.09. The summed E-state index contributed by atoms with van der Waals surface area (Å²) in [5, 5.41) is 2.69. The van der Waals surface area contributed by atoms with Crippen molar-refractivity contribution >= 4 is 11.8 Å². The van der Waals surface area contributed by atoms with Crippen LogP contribution in [0, 0.1) is 0 Å². The molecule has 0 unspecified atom stereocenters. The van der Waals surface area contributed by atoms with Crippen molar-refractivity contribution in [3.05, 3.63) is 18.2 Å². The number of carbonyl (C=O) groups excluding carboxylic acids is 2. The standard InChI is InChI=1S/C13H22N4O2/c1-9(2)12-14-6-7-17(12)8-11(18)15-10(3)13(19)16(4)5/h6-7,9-10H,8H2,1-5H3,(H,15,18)/t10-/m1/s1. The van der Waals surface area contributed by atoms with Gasteiger partial charge in [0.1, 0.15) is 18.4 Å². The minimum absolute atomic E-state index is 0.122. The molecule has 0 aliphatic heterocycles. The van der Waals surface area contributed by atoms with Gasteiger partial charge in [-0.25, -0.2) is 4.98 Å². The molecule has 6 heteroatoms. The second-order valence-electron chi connectivity index (χ2n) is 5.09. The number of carbonyl (C=O) groups is 2. The molecule has 0 bridgehead atoms. The van der Waals surface area contributed by atoms with Crippen LogP contribution >= 0.6 is 0 Å². The lowest BCUT2D eigenvalue weighted by Crippen LogP contribution is -2.45. The molecule has 6 nitrogen and oxygen atoms in total. The van der Waals surface area contributed by atoms with Gasteiger partial charge in [0, 0.05) is 32.4 Å². The maximum atomic E-state index is 11.9. The van der Waals surface area contributed by atoms with Gasteiger partial charge in [0.05, 0.1) is 0 Å². The minimum Gasteiger partial charge on any atom is -0.347 e. The number of nitrogens with one attached hydrogen (secondary N) is 1. The Hall–Kier alpha value is -1.85. The Bertz CT molecular complexity index is 451. The Morgan fingerprint density at radius 1 is 1.37 bits per heavy atom. The number of hydrogen-bond donors (Lipinski definition) is 1. The molecule has 1 heterocycles. The summed E-state index contributed by atoms with van der Waals surface area (Å²) in [5.41, 5.74) is 0. The van der Waals surface area contributed by atoms with Gasteiger partial charge < -0.3 is 14.8 Å². The molecule has 0 radical (unpaired) electrons. The Labute approximate surface area is 113 Å². The van der Waals surface area contributed by atoms with Crippen molar-refractivity contribution in [2.75, 3.05) is 14.1 Å². The third-order valence-electron chi connectivity index (χ3n) is 2.77. The van der Waals surface area contributed by atoms with E-state index in [4.69, 9.17) is 0 Å². The summed E-state index contributed by atoms with van der Waals surface area (Å²) in [6.07, 6.45) is 3.45. The minimum atomic E-state index is -0.520. The molecule has 19 heavy (non-hydrogen) atoms. The highest BCUT2D eigenvalue weighted by molar-refractivity contribution is 5.86. The van der Waals surface area contributed by atoms with Crippen molar-refractivity contribution in [3.63, 3.8) is 0 Å². The number of imidazole rings is 1. The lowest BCUT2D eigenvalue weighted by molar-refractivity contribution is -0.134. The van der Waals surface area contributed by atoms with E-state index in [-0.39, 0.29) is 24.3 Å². The maximum absolute atomic E-state index is 11.9. The van der Waals surface area contributed by atoms with Gasteiger partial charge in [0.25, 0.3) is 0 Å². The fourth-order valence-electron chi connectivity index (χ4n) is 1.85. The molecule has 1 N–H and O–H groups in total. The first-order chi connectivity index (χ1) is 8.82. The van der Waals surface area contributed by atoms with Crippen molar-refractivity contribution in [2.45, 2.75) is 39.3 Å². The average molecular weight is 266 g/mol. The summed E-state index contributed by atoms with van der Waals surface area (Å²) in [4.78, 5) is 29.2. The zero-order valence-electron chi connectivity index (χ0n) is 12.2. The highest BCUT2D eigenvalue weighted by Crippen LogP contribution is 2.11. The number of nitrogens with zero attached hydrogens (tertiary/aromatic N) is 3. The predicted octanol–water partition coefficient (Wildman–Crippen LogP) is 0.599. The van der Waals surface area contributed by atoms with E-state index in [0.29, 0.717) is 0 Å². The summed E-state index contributed by atoms with van der Waals surface area (Å²) >= 11 is 0. The van der Waals surface area contributed by atoms with Crippen LogP contribution in [0.15, 0.2) is 12.4 Å². The Kier molecular flexibility index (Phi) is 5.09. The molecule has 1 aromatic rings. The van der Waals surface area contributed by atoms with Crippen molar-refractivity contribution in [2.24, 2.45) is 0 Å².